The highest BCUT2D eigenvalue weighted by atomic mass is 32.1. The van der Waals surface area contributed by atoms with Gasteiger partial charge in [-0.05, 0) is 35.9 Å². The van der Waals surface area contributed by atoms with Gasteiger partial charge in [-0.15, -0.1) is 10.2 Å². The van der Waals surface area contributed by atoms with Crippen molar-refractivity contribution in [1.82, 2.24) is 24.8 Å². The highest BCUT2D eigenvalue weighted by Gasteiger charge is 2.18. The fraction of sp³-hybridized carbons (Fsp3) is 0.0588. The maximum absolute atomic E-state index is 5.43. The molecule has 5 rings (SSSR count). The van der Waals surface area contributed by atoms with Crippen LogP contribution in [-0.4, -0.2) is 31.6 Å². The molecule has 3 aromatic heterocycles. The van der Waals surface area contributed by atoms with E-state index in [1.807, 2.05) is 42.5 Å². The number of aromatic nitrogens is 5. The molecule has 4 heterocycles. The summed E-state index contributed by atoms with van der Waals surface area (Å²) in [6.07, 6.45) is 7.46. The number of pyridine rings is 1. The molecule has 0 saturated carbocycles. The van der Waals surface area contributed by atoms with Gasteiger partial charge in [-0.3, -0.25) is 4.98 Å². The normalized spacial score (nSPS) is 13.1. The summed E-state index contributed by atoms with van der Waals surface area (Å²) in [7, 11) is 0. The van der Waals surface area contributed by atoms with Crippen molar-refractivity contribution in [2.75, 3.05) is 6.79 Å². The van der Waals surface area contributed by atoms with Gasteiger partial charge < -0.3 is 9.47 Å². The van der Waals surface area contributed by atoms with Crippen molar-refractivity contribution in [1.29, 1.82) is 0 Å². The molecule has 0 saturated heterocycles. The molecule has 0 fully saturated rings. The second kappa shape index (κ2) is 5.67. The number of nitrogens with zero attached hydrogens (tertiary/aromatic N) is 5. The number of rotatable bonds is 3. The molecule has 0 atom stereocenters. The molecule has 0 aliphatic carbocycles. The number of fused-ring (bicyclic) bond motifs is 2. The molecule has 0 radical (unpaired) electrons. The lowest BCUT2D eigenvalue weighted by Crippen LogP contribution is -1.93. The monoisotopic (exact) mass is 349 g/mol. The van der Waals surface area contributed by atoms with E-state index < -0.39 is 0 Å². The Morgan fingerprint density at radius 1 is 1.08 bits per heavy atom. The Kier molecular flexibility index (Phi) is 3.20. The Hall–Kier alpha value is -3.26. The van der Waals surface area contributed by atoms with Gasteiger partial charge >= 0.3 is 0 Å². The van der Waals surface area contributed by atoms with Gasteiger partial charge in [0.15, 0.2) is 17.3 Å². The zero-order chi connectivity index (χ0) is 16.6. The Bertz CT molecular complexity index is 1090. The van der Waals surface area contributed by atoms with Gasteiger partial charge in [0.1, 0.15) is 5.01 Å². The lowest BCUT2D eigenvalue weighted by atomic mass is 10.2. The fourth-order valence-electron chi connectivity index (χ4n) is 2.56. The van der Waals surface area contributed by atoms with Crippen LogP contribution in [0.25, 0.3) is 28.5 Å². The van der Waals surface area contributed by atoms with Crippen molar-refractivity contribution < 1.29 is 9.47 Å². The first kappa shape index (κ1) is 14.1. The first-order chi connectivity index (χ1) is 12.4. The Morgan fingerprint density at radius 3 is 2.96 bits per heavy atom. The summed E-state index contributed by atoms with van der Waals surface area (Å²) in [5.74, 6) is 2.12. The van der Waals surface area contributed by atoms with Crippen molar-refractivity contribution in [3.63, 3.8) is 0 Å². The molecule has 0 N–H and O–H groups in total. The third-order valence-electron chi connectivity index (χ3n) is 3.74. The molecule has 0 bridgehead atoms. The molecule has 4 aromatic rings. The van der Waals surface area contributed by atoms with E-state index in [1.54, 1.807) is 16.9 Å². The van der Waals surface area contributed by atoms with E-state index in [0.717, 1.165) is 26.8 Å². The van der Waals surface area contributed by atoms with Gasteiger partial charge in [-0.2, -0.15) is 9.61 Å². The summed E-state index contributed by atoms with van der Waals surface area (Å²) in [4.78, 5) is 4.83. The van der Waals surface area contributed by atoms with E-state index in [1.165, 1.54) is 11.3 Å². The van der Waals surface area contributed by atoms with Crippen LogP contribution in [0, 0.1) is 0 Å². The summed E-state index contributed by atoms with van der Waals surface area (Å²) >= 11 is 1.47. The molecule has 1 aliphatic heterocycles. The maximum atomic E-state index is 5.43. The first-order valence-corrected chi connectivity index (χ1v) is 8.39. The SMILES string of the molecule is C(=Cc1nn2c(-c3ccc4c(c3)OCO4)nnc2s1)c1cccnc1. The van der Waals surface area contributed by atoms with Gasteiger partial charge in [0.25, 0.3) is 0 Å². The molecule has 0 spiro atoms. The highest BCUT2D eigenvalue weighted by Crippen LogP contribution is 2.35. The lowest BCUT2D eigenvalue weighted by Gasteiger charge is -1.99. The topological polar surface area (TPSA) is 74.4 Å². The predicted octanol–water partition coefficient (Wildman–Crippen LogP) is 3.15. The summed E-state index contributed by atoms with van der Waals surface area (Å²) in [6.45, 7) is 0.244. The fourth-order valence-corrected chi connectivity index (χ4v) is 3.30. The molecule has 7 nitrogen and oxygen atoms in total. The summed E-state index contributed by atoms with van der Waals surface area (Å²) < 4.78 is 12.5. The molecule has 0 amide bonds. The van der Waals surface area contributed by atoms with Crippen LogP contribution in [0.4, 0.5) is 0 Å². The van der Waals surface area contributed by atoms with E-state index in [0.29, 0.717) is 11.6 Å². The van der Waals surface area contributed by atoms with Crippen LogP contribution in [0.3, 0.4) is 0 Å². The van der Waals surface area contributed by atoms with E-state index in [9.17, 15) is 0 Å². The number of ether oxygens (including phenoxy) is 2. The van der Waals surface area contributed by atoms with Gasteiger partial charge in [0.2, 0.25) is 11.8 Å². The van der Waals surface area contributed by atoms with Crippen LogP contribution in [0.1, 0.15) is 10.6 Å². The van der Waals surface area contributed by atoms with Crippen molar-refractivity contribution in [3.8, 4) is 22.9 Å². The largest absolute Gasteiger partial charge is 0.454 e. The van der Waals surface area contributed by atoms with Crippen molar-refractivity contribution >= 4 is 28.4 Å². The van der Waals surface area contributed by atoms with Gasteiger partial charge in [-0.25, -0.2) is 0 Å². The molecule has 122 valence electrons. The Balaban J connectivity index is 1.51. The van der Waals surface area contributed by atoms with E-state index in [-0.39, 0.29) is 6.79 Å². The van der Waals surface area contributed by atoms with E-state index in [4.69, 9.17) is 9.47 Å². The average Bonchev–Trinajstić information content (AvgIpc) is 3.35. The van der Waals surface area contributed by atoms with Crippen molar-refractivity contribution in [3.05, 3.63) is 53.3 Å². The second-order valence-electron chi connectivity index (χ2n) is 5.35. The summed E-state index contributed by atoms with van der Waals surface area (Å²) in [5.41, 5.74) is 1.90. The molecule has 8 heteroatoms. The number of benzene rings is 1. The van der Waals surface area contributed by atoms with Crippen LogP contribution in [0.2, 0.25) is 0 Å². The summed E-state index contributed by atoms with van der Waals surface area (Å²) in [6, 6.07) is 9.57. The van der Waals surface area contributed by atoms with Crippen molar-refractivity contribution in [2.24, 2.45) is 0 Å². The lowest BCUT2D eigenvalue weighted by molar-refractivity contribution is 0.174. The minimum Gasteiger partial charge on any atom is -0.454 e. The maximum Gasteiger partial charge on any atom is 0.235 e. The van der Waals surface area contributed by atoms with Crippen molar-refractivity contribution in [2.45, 2.75) is 0 Å². The third-order valence-corrected chi connectivity index (χ3v) is 4.60. The van der Waals surface area contributed by atoms with Crippen LogP contribution >= 0.6 is 11.3 Å². The summed E-state index contributed by atoms with van der Waals surface area (Å²) in [5, 5.41) is 13.9. The van der Waals surface area contributed by atoms with Gasteiger partial charge in [0, 0.05) is 18.0 Å². The number of hydrogen-bond donors (Lipinski definition) is 0. The van der Waals surface area contributed by atoms with E-state index in [2.05, 4.69) is 20.3 Å². The molecule has 1 aromatic carbocycles. The standard InChI is InChI=1S/C17H11N5O2S/c1-2-11(9-18-7-1)3-6-15-21-22-16(19-20-17(22)25-15)12-4-5-13-14(8-12)24-10-23-13/h1-9H,10H2. The first-order valence-electron chi connectivity index (χ1n) is 7.57. The highest BCUT2D eigenvalue weighted by molar-refractivity contribution is 7.17. The minimum absolute atomic E-state index is 0.244. The molecular weight excluding hydrogens is 338 g/mol. The zero-order valence-electron chi connectivity index (χ0n) is 12.9. The minimum atomic E-state index is 0.244. The smallest absolute Gasteiger partial charge is 0.235 e. The third kappa shape index (κ3) is 2.52. The number of hydrogen-bond acceptors (Lipinski definition) is 7. The Labute approximate surface area is 146 Å². The molecular formula is C17H11N5O2S. The van der Waals surface area contributed by atoms with E-state index >= 15 is 0 Å². The van der Waals surface area contributed by atoms with Crippen LogP contribution in [-0.2, 0) is 0 Å². The van der Waals surface area contributed by atoms with Gasteiger partial charge in [-0.1, -0.05) is 23.5 Å². The molecule has 25 heavy (non-hydrogen) atoms. The molecule has 1 aliphatic rings. The zero-order valence-corrected chi connectivity index (χ0v) is 13.7. The van der Waals surface area contributed by atoms with Crippen LogP contribution in [0.5, 0.6) is 11.5 Å². The van der Waals surface area contributed by atoms with Crippen LogP contribution < -0.4 is 9.47 Å². The Morgan fingerprint density at radius 2 is 2.04 bits per heavy atom. The average molecular weight is 349 g/mol. The van der Waals surface area contributed by atoms with Crippen LogP contribution in [0.15, 0.2) is 42.7 Å². The predicted molar refractivity (Wildman–Crippen MR) is 93.4 cm³/mol. The second-order valence-corrected chi connectivity index (χ2v) is 6.33. The van der Waals surface area contributed by atoms with Gasteiger partial charge in [0.05, 0.1) is 0 Å². The molecule has 0 unspecified atom stereocenters. The quantitative estimate of drug-likeness (QED) is 0.566.